The molecular weight excluding hydrogens is 224 g/mol. The zero-order valence-electron chi connectivity index (χ0n) is 9.47. The number of nitrogens with one attached hydrogen (secondary N) is 1. The van der Waals surface area contributed by atoms with Crippen molar-refractivity contribution in [2.45, 2.75) is 13.8 Å². The summed E-state index contributed by atoms with van der Waals surface area (Å²) >= 11 is 0. The number of carbonyl (C=O) groups is 1. The van der Waals surface area contributed by atoms with Crippen molar-refractivity contribution in [2.24, 2.45) is 0 Å². The summed E-state index contributed by atoms with van der Waals surface area (Å²) in [5, 5.41) is 0. The molecule has 0 aliphatic heterocycles. The molecule has 2 aromatic rings. The van der Waals surface area contributed by atoms with Gasteiger partial charge in [-0.15, -0.1) is 0 Å². The summed E-state index contributed by atoms with van der Waals surface area (Å²) < 4.78 is 26.3. The molecule has 1 aromatic heterocycles. The first kappa shape index (κ1) is 11.5. The van der Waals surface area contributed by atoms with Gasteiger partial charge in [-0.05, 0) is 32.0 Å². The van der Waals surface area contributed by atoms with Crippen LogP contribution in [0.1, 0.15) is 23.0 Å². The van der Waals surface area contributed by atoms with Gasteiger partial charge in [0.15, 0.2) is 5.78 Å². The van der Waals surface area contributed by atoms with Crippen molar-refractivity contribution in [3.05, 3.63) is 47.2 Å². The van der Waals surface area contributed by atoms with Crippen LogP contribution >= 0.6 is 0 Å². The largest absolute Gasteiger partial charge is 0.358 e. The van der Waals surface area contributed by atoms with Crippen molar-refractivity contribution < 1.29 is 13.6 Å². The molecule has 1 N–H and O–H groups in total. The first-order valence-corrected chi connectivity index (χ1v) is 5.15. The molecule has 0 aliphatic carbocycles. The zero-order valence-corrected chi connectivity index (χ0v) is 9.47. The lowest BCUT2D eigenvalue weighted by Crippen LogP contribution is -1.90. The predicted molar refractivity (Wildman–Crippen MR) is 60.9 cm³/mol. The van der Waals surface area contributed by atoms with Crippen molar-refractivity contribution in [1.29, 1.82) is 0 Å². The molecule has 0 fully saturated rings. The summed E-state index contributed by atoms with van der Waals surface area (Å²) in [7, 11) is 0. The van der Waals surface area contributed by atoms with E-state index >= 15 is 0 Å². The van der Waals surface area contributed by atoms with Gasteiger partial charge in [0.05, 0.1) is 0 Å². The Balaban J connectivity index is 2.53. The molecule has 0 amide bonds. The van der Waals surface area contributed by atoms with Gasteiger partial charge in [-0.2, -0.15) is 0 Å². The Kier molecular flexibility index (Phi) is 2.79. The fourth-order valence-corrected chi connectivity index (χ4v) is 1.78. The fraction of sp³-hybridized carbons (Fsp3) is 0.154. The molecule has 0 atom stereocenters. The van der Waals surface area contributed by atoms with Crippen LogP contribution in [0.15, 0.2) is 24.3 Å². The van der Waals surface area contributed by atoms with E-state index in [1.165, 1.54) is 19.1 Å². The van der Waals surface area contributed by atoms with Gasteiger partial charge in [-0.3, -0.25) is 4.79 Å². The van der Waals surface area contributed by atoms with E-state index in [2.05, 4.69) is 4.98 Å². The first-order chi connectivity index (χ1) is 7.99. The quantitative estimate of drug-likeness (QED) is 0.794. The minimum absolute atomic E-state index is 0.0903. The highest BCUT2D eigenvalue weighted by Gasteiger charge is 2.13. The van der Waals surface area contributed by atoms with Crippen LogP contribution in [0, 0.1) is 18.6 Å². The van der Waals surface area contributed by atoms with Crippen LogP contribution in [0.2, 0.25) is 0 Å². The van der Waals surface area contributed by atoms with Crippen LogP contribution in [-0.4, -0.2) is 10.8 Å². The predicted octanol–water partition coefficient (Wildman–Crippen LogP) is 3.47. The number of hydrogen-bond donors (Lipinski definition) is 1. The second-order valence-corrected chi connectivity index (χ2v) is 3.90. The minimum Gasteiger partial charge on any atom is -0.358 e. The number of aryl methyl sites for hydroxylation is 1. The van der Waals surface area contributed by atoms with E-state index in [1.54, 1.807) is 13.0 Å². The molecule has 1 aromatic carbocycles. The number of Topliss-reactive ketones (excluding diaryl/α,β-unsaturated/α-hetero) is 1. The van der Waals surface area contributed by atoms with Gasteiger partial charge in [0.2, 0.25) is 0 Å². The summed E-state index contributed by atoms with van der Waals surface area (Å²) in [4.78, 5) is 14.2. The van der Waals surface area contributed by atoms with Crippen LogP contribution in [0.4, 0.5) is 8.78 Å². The van der Waals surface area contributed by atoms with Crippen molar-refractivity contribution in [2.75, 3.05) is 0 Å². The van der Waals surface area contributed by atoms with Crippen molar-refractivity contribution in [3.8, 4) is 11.3 Å². The normalized spacial score (nSPS) is 10.6. The van der Waals surface area contributed by atoms with E-state index in [-0.39, 0.29) is 11.3 Å². The molecular formula is C13H11F2NO. The molecule has 1 heterocycles. The molecule has 0 aliphatic rings. The number of ketones is 1. The standard InChI is InChI=1S/C13H11F2NO/c1-7-11(8(2)17)6-13(16-7)10-4-3-9(14)5-12(10)15/h3-6,16H,1-2H3. The lowest BCUT2D eigenvalue weighted by Gasteiger charge is -2.00. The zero-order chi connectivity index (χ0) is 12.6. The number of aromatic nitrogens is 1. The summed E-state index contributed by atoms with van der Waals surface area (Å²) in [6, 6.07) is 4.93. The van der Waals surface area contributed by atoms with Gasteiger partial charge in [0.25, 0.3) is 0 Å². The van der Waals surface area contributed by atoms with E-state index in [0.717, 1.165) is 6.07 Å². The van der Waals surface area contributed by atoms with Crippen LogP contribution < -0.4 is 0 Å². The third kappa shape index (κ3) is 2.11. The van der Waals surface area contributed by atoms with Crippen molar-refractivity contribution >= 4 is 5.78 Å². The van der Waals surface area contributed by atoms with Crippen molar-refractivity contribution in [1.82, 2.24) is 4.98 Å². The lowest BCUT2D eigenvalue weighted by atomic mass is 10.1. The summed E-state index contributed by atoms with van der Waals surface area (Å²) in [5.74, 6) is -1.37. The summed E-state index contributed by atoms with van der Waals surface area (Å²) in [5.41, 5.74) is 1.92. The molecule has 2 rings (SSSR count). The Morgan fingerprint density at radius 1 is 1.24 bits per heavy atom. The maximum absolute atomic E-state index is 13.5. The SMILES string of the molecule is CC(=O)c1cc(-c2ccc(F)cc2F)[nH]c1C. The lowest BCUT2D eigenvalue weighted by molar-refractivity contribution is 0.101. The number of benzene rings is 1. The minimum atomic E-state index is -0.652. The van der Waals surface area contributed by atoms with E-state index in [4.69, 9.17) is 0 Å². The van der Waals surface area contributed by atoms with Crippen LogP contribution in [0.3, 0.4) is 0 Å². The highest BCUT2D eigenvalue weighted by molar-refractivity contribution is 5.96. The van der Waals surface area contributed by atoms with Crippen molar-refractivity contribution in [3.63, 3.8) is 0 Å². The number of rotatable bonds is 2. The number of aromatic amines is 1. The van der Waals surface area contributed by atoms with E-state index in [9.17, 15) is 13.6 Å². The van der Waals surface area contributed by atoms with E-state index in [1.807, 2.05) is 0 Å². The average Bonchev–Trinajstić information content (AvgIpc) is 2.60. The molecule has 0 spiro atoms. The molecule has 88 valence electrons. The average molecular weight is 235 g/mol. The number of hydrogen-bond acceptors (Lipinski definition) is 1. The maximum Gasteiger partial charge on any atom is 0.161 e. The molecule has 17 heavy (non-hydrogen) atoms. The topological polar surface area (TPSA) is 32.9 Å². The molecule has 0 unspecified atom stereocenters. The second-order valence-electron chi connectivity index (χ2n) is 3.90. The van der Waals surface area contributed by atoms with E-state index < -0.39 is 11.6 Å². The number of carbonyl (C=O) groups excluding carboxylic acids is 1. The van der Waals surface area contributed by atoms with Gasteiger partial charge in [0.1, 0.15) is 11.6 Å². The summed E-state index contributed by atoms with van der Waals surface area (Å²) in [6.45, 7) is 3.18. The van der Waals surface area contributed by atoms with Crippen LogP contribution in [0.5, 0.6) is 0 Å². The molecule has 0 saturated heterocycles. The van der Waals surface area contributed by atoms with Gasteiger partial charge in [-0.1, -0.05) is 0 Å². The number of halogens is 2. The molecule has 4 heteroatoms. The van der Waals surface area contributed by atoms with Gasteiger partial charge in [-0.25, -0.2) is 8.78 Å². The van der Waals surface area contributed by atoms with Gasteiger partial charge < -0.3 is 4.98 Å². The Labute approximate surface area is 97.3 Å². The smallest absolute Gasteiger partial charge is 0.161 e. The van der Waals surface area contributed by atoms with E-state index in [0.29, 0.717) is 17.0 Å². The maximum atomic E-state index is 13.5. The molecule has 2 nitrogen and oxygen atoms in total. The van der Waals surface area contributed by atoms with Crippen LogP contribution in [0.25, 0.3) is 11.3 Å². The van der Waals surface area contributed by atoms with Gasteiger partial charge >= 0.3 is 0 Å². The fourth-order valence-electron chi connectivity index (χ4n) is 1.78. The third-order valence-corrected chi connectivity index (χ3v) is 2.62. The highest BCUT2D eigenvalue weighted by atomic mass is 19.1. The Hall–Kier alpha value is -1.97. The molecule has 0 bridgehead atoms. The first-order valence-electron chi connectivity index (χ1n) is 5.15. The van der Waals surface area contributed by atoms with Crippen LogP contribution in [-0.2, 0) is 0 Å². The summed E-state index contributed by atoms with van der Waals surface area (Å²) in [6.07, 6.45) is 0. The monoisotopic (exact) mass is 235 g/mol. The Bertz CT molecular complexity index is 587. The molecule has 0 radical (unpaired) electrons. The Morgan fingerprint density at radius 2 is 1.94 bits per heavy atom. The number of H-pyrrole nitrogens is 1. The molecule has 0 saturated carbocycles. The Morgan fingerprint density at radius 3 is 2.47 bits per heavy atom. The third-order valence-electron chi connectivity index (χ3n) is 2.62. The highest BCUT2D eigenvalue weighted by Crippen LogP contribution is 2.25. The van der Waals surface area contributed by atoms with Gasteiger partial charge in [0, 0.05) is 28.6 Å². The second kappa shape index (κ2) is 4.13.